The van der Waals surface area contributed by atoms with Crippen LogP contribution >= 0.6 is 7.82 Å². The lowest BCUT2D eigenvalue weighted by molar-refractivity contribution is -0.0849. The smallest absolute Gasteiger partial charge is 0.424 e. The summed E-state index contributed by atoms with van der Waals surface area (Å²) in [6.45, 7) is 1.60. The molecule has 0 saturated carbocycles. The highest BCUT2D eigenvalue weighted by Gasteiger charge is 2.65. The minimum Gasteiger partial charge on any atom is -0.424 e. The molecule has 3 aliphatic rings. The molecule has 0 bridgehead atoms. The van der Waals surface area contributed by atoms with Crippen LogP contribution in [0.15, 0.2) is 43.0 Å². The Kier molecular flexibility index (Phi) is 5.51. The highest BCUT2D eigenvalue weighted by molar-refractivity contribution is 7.48. The normalized spacial score (nSPS) is 33.6. The summed E-state index contributed by atoms with van der Waals surface area (Å²) < 4.78 is 48.2. The number of aryl methyl sites for hydroxylation is 1. The van der Waals surface area contributed by atoms with E-state index in [0.717, 1.165) is 5.56 Å². The number of ether oxygens (including phenoxy) is 3. The standard InChI is InChI=1S/C22H20N5O8P/c1-13-15-2-3-18(27(15)26-12-25-13)22(11-23)20-19(32-21(28)33-20)17(34-22)10-31-36(29)30-9-6-16(35-36)14-4-7-24-8-5-14/h2-5,7-8,12,16-17,19-20H,6,9-10H2,1H3/t16-,17+,19+,20?,22-,36+/m0/s1. The second-order valence-corrected chi connectivity index (χ2v) is 10.1. The van der Waals surface area contributed by atoms with Crippen LogP contribution in [0.3, 0.4) is 0 Å². The molecule has 36 heavy (non-hydrogen) atoms. The highest BCUT2D eigenvalue weighted by atomic mass is 31.2. The van der Waals surface area contributed by atoms with Crippen molar-refractivity contribution in [2.24, 2.45) is 0 Å². The second kappa shape index (κ2) is 8.62. The van der Waals surface area contributed by atoms with Gasteiger partial charge in [0.15, 0.2) is 12.2 Å². The molecule has 0 spiro atoms. The number of nitriles is 1. The van der Waals surface area contributed by atoms with E-state index in [1.165, 1.54) is 10.8 Å². The van der Waals surface area contributed by atoms with Crippen molar-refractivity contribution in [2.75, 3.05) is 13.2 Å². The second-order valence-electron chi connectivity index (χ2n) is 8.48. The van der Waals surface area contributed by atoms with Gasteiger partial charge in [0.25, 0.3) is 0 Å². The van der Waals surface area contributed by atoms with Crippen molar-refractivity contribution in [3.05, 3.63) is 59.9 Å². The molecule has 13 nitrogen and oxygen atoms in total. The molecule has 0 aliphatic carbocycles. The van der Waals surface area contributed by atoms with E-state index in [4.69, 9.17) is 27.8 Å². The first-order chi connectivity index (χ1) is 17.4. The lowest BCUT2D eigenvalue weighted by Gasteiger charge is -2.30. The van der Waals surface area contributed by atoms with E-state index in [-0.39, 0.29) is 13.2 Å². The van der Waals surface area contributed by atoms with Gasteiger partial charge in [0, 0.05) is 18.8 Å². The van der Waals surface area contributed by atoms with Crippen molar-refractivity contribution in [1.82, 2.24) is 19.6 Å². The van der Waals surface area contributed by atoms with Gasteiger partial charge in [0.05, 0.1) is 36.2 Å². The van der Waals surface area contributed by atoms with Crippen molar-refractivity contribution in [3.8, 4) is 6.07 Å². The van der Waals surface area contributed by atoms with E-state index >= 15 is 0 Å². The van der Waals surface area contributed by atoms with Crippen LogP contribution in [-0.2, 0) is 37.9 Å². The highest BCUT2D eigenvalue weighted by Crippen LogP contribution is 2.57. The summed E-state index contributed by atoms with van der Waals surface area (Å²) in [5.74, 6) is 0. The Hall–Kier alpha value is -3.40. The van der Waals surface area contributed by atoms with Crippen LogP contribution in [0.4, 0.5) is 4.79 Å². The van der Waals surface area contributed by atoms with Gasteiger partial charge in [-0.25, -0.2) is 18.9 Å². The SMILES string of the molecule is Cc1ncnn2c([C@]3(C#N)O[C@H](CO[P@@]4(=O)OCC[C@@H](c5ccncc5)O4)[C@H]4OC(=O)OC43)ccc12. The van der Waals surface area contributed by atoms with Gasteiger partial charge < -0.3 is 14.2 Å². The number of rotatable bonds is 5. The summed E-state index contributed by atoms with van der Waals surface area (Å²) in [7, 11) is -3.99. The quantitative estimate of drug-likeness (QED) is 0.364. The molecule has 6 atom stereocenters. The van der Waals surface area contributed by atoms with Crippen LogP contribution < -0.4 is 0 Å². The molecule has 6 rings (SSSR count). The number of phosphoric ester groups is 1. The van der Waals surface area contributed by atoms with Crippen molar-refractivity contribution >= 4 is 19.5 Å². The summed E-state index contributed by atoms with van der Waals surface area (Å²) in [6.07, 6.45) is 0.477. The number of carbonyl (C=O) groups is 1. The Morgan fingerprint density at radius 3 is 2.92 bits per heavy atom. The molecule has 3 saturated heterocycles. The van der Waals surface area contributed by atoms with Crippen LogP contribution in [0.25, 0.3) is 5.52 Å². The van der Waals surface area contributed by atoms with Crippen LogP contribution in [-0.4, -0.2) is 57.3 Å². The molecule has 3 aliphatic heterocycles. The third-order valence-electron chi connectivity index (χ3n) is 6.41. The lowest BCUT2D eigenvalue weighted by Crippen LogP contribution is -2.39. The number of aromatic nitrogens is 4. The van der Waals surface area contributed by atoms with Crippen molar-refractivity contribution in [1.29, 1.82) is 5.26 Å². The van der Waals surface area contributed by atoms with Crippen LogP contribution in [0.2, 0.25) is 0 Å². The molecule has 0 aromatic carbocycles. The molecule has 0 radical (unpaired) electrons. The maximum atomic E-state index is 13.2. The number of carbonyl (C=O) groups excluding carboxylic acids is 1. The summed E-state index contributed by atoms with van der Waals surface area (Å²) in [4.78, 5) is 20.2. The van der Waals surface area contributed by atoms with E-state index in [9.17, 15) is 14.6 Å². The van der Waals surface area contributed by atoms with E-state index in [1.807, 2.05) is 0 Å². The summed E-state index contributed by atoms with van der Waals surface area (Å²) in [6, 6.07) is 9.05. The predicted octanol–water partition coefficient (Wildman–Crippen LogP) is 2.76. The maximum absolute atomic E-state index is 13.2. The molecular weight excluding hydrogens is 493 g/mol. The molecule has 0 amide bonds. The zero-order valence-corrected chi connectivity index (χ0v) is 19.8. The Labute approximate surface area is 204 Å². The maximum Gasteiger partial charge on any atom is 0.509 e. The van der Waals surface area contributed by atoms with Gasteiger partial charge in [0.2, 0.25) is 5.60 Å². The van der Waals surface area contributed by atoms with Gasteiger partial charge >= 0.3 is 14.0 Å². The fourth-order valence-electron chi connectivity index (χ4n) is 4.70. The van der Waals surface area contributed by atoms with Gasteiger partial charge in [0.1, 0.15) is 18.5 Å². The average Bonchev–Trinajstić information content (AvgIpc) is 3.57. The molecule has 14 heteroatoms. The number of pyridine rings is 1. The average molecular weight is 513 g/mol. The number of hydrogen-bond acceptors (Lipinski definition) is 12. The third kappa shape index (κ3) is 3.66. The van der Waals surface area contributed by atoms with Crippen molar-refractivity contribution < 1.29 is 37.1 Å². The minimum atomic E-state index is -3.99. The summed E-state index contributed by atoms with van der Waals surface area (Å²) in [5, 5.41) is 14.5. The summed E-state index contributed by atoms with van der Waals surface area (Å²) >= 11 is 0. The Morgan fingerprint density at radius 2 is 2.11 bits per heavy atom. The zero-order valence-electron chi connectivity index (χ0n) is 18.9. The van der Waals surface area contributed by atoms with Crippen molar-refractivity contribution in [2.45, 2.75) is 43.4 Å². The molecule has 3 aromatic rings. The molecular formula is C22H20N5O8P. The lowest BCUT2D eigenvalue weighted by atomic mass is 9.92. The van der Waals surface area contributed by atoms with Crippen LogP contribution in [0.1, 0.15) is 29.5 Å². The van der Waals surface area contributed by atoms with E-state index in [0.29, 0.717) is 23.3 Å². The Morgan fingerprint density at radius 1 is 1.28 bits per heavy atom. The summed E-state index contributed by atoms with van der Waals surface area (Å²) in [5.41, 5.74) is 0.694. The van der Waals surface area contributed by atoms with Crippen LogP contribution in [0.5, 0.6) is 0 Å². The Balaban J connectivity index is 1.26. The van der Waals surface area contributed by atoms with Gasteiger partial charge in [-0.3, -0.25) is 18.6 Å². The fraction of sp³-hybridized carbons (Fsp3) is 0.409. The number of fused-ring (bicyclic) bond motifs is 2. The topological polar surface area (TPSA) is 156 Å². The number of phosphoric acid groups is 1. The predicted molar refractivity (Wildman–Crippen MR) is 117 cm³/mol. The molecule has 1 unspecified atom stereocenters. The first kappa shape index (κ1) is 23.0. The van der Waals surface area contributed by atoms with Crippen LogP contribution in [0, 0.1) is 18.3 Å². The first-order valence-electron chi connectivity index (χ1n) is 11.2. The van der Waals surface area contributed by atoms with Gasteiger partial charge in [-0.2, -0.15) is 10.4 Å². The van der Waals surface area contributed by atoms with E-state index in [2.05, 4.69) is 21.1 Å². The first-order valence-corrected chi connectivity index (χ1v) is 12.6. The van der Waals surface area contributed by atoms with E-state index in [1.54, 1.807) is 43.6 Å². The molecule has 3 fully saturated rings. The fourth-order valence-corrected chi connectivity index (χ4v) is 6.09. The van der Waals surface area contributed by atoms with Gasteiger partial charge in [-0.05, 0) is 36.8 Å². The zero-order chi connectivity index (χ0) is 24.9. The van der Waals surface area contributed by atoms with E-state index < -0.39 is 44.0 Å². The molecule has 0 N–H and O–H groups in total. The van der Waals surface area contributed by atoms with Gasteiger partial charge in [-0.15, -0.1) is 0 Å². The Bertz CT molecular complexity index is 1410. The number of hydrogen-bond donors (Lipinski definition) is 0. The number of nitrogens with zero attached hydrogens (tertiary/aromatic N) is 5. The molecule has 186 valence electrons. The monoisotopic (exact) mass is 513 g/mol. The minimum absolute atomic E-state index is 0.150. The third-order valence-corrected chi connectivity index (χ3v) is 7.89. The van der Waals surface area contributed by atoms with Gasteiger partial charge in [-0.1, -0.05) is 0 Å². The largest absolute Gasteiger partial charge is 0.509 e. The molecule has 3 aromatic heterocycles. The molecule has 6 heterocycles. The van der Waals surface area contributed by atoms with Crippen molar-refractivity contribution in [3.63, 3.8) is 0 Å².